The molecule has 0 aromatic heterocycles. The summed E-state index contributed by atoms with van der Waals surface area (Å²) in [7, 11) is 0. The SMILES string of the molecule is CCC(C)NC(=O)N1CCN(c2cccc(Cl)c2Cl)CC1. The van der Waals surface area contributed by atoms with Crippen LogP contribution in [0.1, 0.15) is 20.3 Å². The van der Waals surface area contributed by atoms with Gasteiger partial charge >= 0.3 is 6.03 Å². The molecule has 1 aliphatic heterocycles. The van der Waals surface area contributed by atoms with E-state index in [1.54, 1.807) is 6.07 Å². The summed E-state index contributed by atoms with van der Waals surface area (Å²) in [4.78, 5) is 16.1. The van der Waals surface area contributed by atoms with Crippen molar-refractivity contribution in [3.05, 3.63) is 28.2 Å². The van der Waals surface area contributed by atoms with Crippen molar-refractivity contribution in [1.29, 1.82) is 0 Å². The number of halogens is 2. The Bertz CT molecular complexity index is 502. The number of nitrogens with one attached hydrogen (secondary N) is 1. The van der Waals surface area contributed by atoms with Gasteiger partial charge in [-0.3, -0.25) is 0 Å². The zero-order chi connectivity index (χ0) is 15.4. The molecule has 1 unspecified atom stereocenters. The normalized spacial score (nSPS) is 16.8. The molecule has 6 heteroatoms. The van der Waals surface area contributed by atoms with Gasteiger partial charge in [-0.25, -0.2) is 4.79 Å². The fraction of sp³-hybridized carbons (Fsp3) is 0.533. The van der Waals surface area contributed by atoms with Gasteiger partial charge in [-0.05, 0) is 25.5 Å². The predicted molar refractivity (Wildman–Crippen MR) is 88.5 cm³/mol. The highest BCUT2D eigenvalue weighted by Crippen LogP contribution is 2.32. The number of carbonyl (C=O) groups excluding carboxylic acids is 1. The van der Waals surface area contributed by atoms with Gasteiger partial charge in [0.25, 0.3) is 0 Å². The summed E-state index contributed by atoms with van der Waals surface area (Å²) >= 11 is 12.3. The highest BCUT2D eigenvalue weighted by Gasteiger charge is 2.23. The fourth-order valence-corrected chi connectivity index (χ4v) is 2.71. The Morgan fingerprint density at radius 2 is 1.95 bits per heavy atom. The number of amides is 2. The van der Waals surface area contributed by atoms with Gasteiger partial charge in [0.15, 0.2) is 0 Å². The van der Waals surface area contributed by atoms with E-state index in [-0.39, 0.29) is 12.1 Å². The number of benzene rings is 1. The number of nitrogens with zero attached hydrogens (tertiary/aromatic N) is 2. The molecule has 1 aromatic rings. The molecule has 4 nitrogen and oxygen atoms in total. The zero-order valence-corrected chi connectivity index (χ0v) is 13.9. The quantitative estimate of drug-likeness (QED) is 0.919. The Balaban J connectivity index is 1.94. The van der Waals surface area contributed by atoms with E-state index in [2.05, 4.69) is 17.1 Å². The molecule has 0 radical (unpaired) electrons. The second-order valence-electron chi connectivity index (χ2n) is 5.31. The largest absolute Gasteiger partial charge is 0.367 e. The summed E-state index contributed by atoms with van der Waals surface area (Å²) in [6, 6.07) is 5.86. The Hall–Kier alpha value is -1.13. The summed E-state index contributed by atoms with van der Waals surface area (Å²) in [5, 5.41) is 4.14. The van der Waals surface area contributed by atoms with E-state index in [1.165, 1.54) is 0 Å². The van der Waals surface area contributed by atoms with Gasteiger partial charge in [0, 0.05) is 32.2 Å². The molecule has 1 saturated heterocycles. The molecule has 1 aliphatic rings. The highest BCUT2D eigenvalue weighted by atomic mass is 35.5. The van der Waals surface area contributed by atoms with Crippen molar-refractivity contribution in [3.8, 4) is 0 Å². The minimum absolute atomic E-state index is 0.0150. The zero-order valence-electron chi connectivity index (χ0n) is 12.4. The van der Waals surface area contributed by atoms with E-state index in [9.17, 15) is 4.79 Å². The number of anilines is 1. The lowest BCUT2D eigenvalue weighted by molar-refractivity contribution is 0.191. The van der Waals surface area contributed by atoms with Crippen molar-refractivity contribution < 1.29 is 4.79 Å². The highest BCUT2D eigenvalue weighted by molar-refractivity contribution is 6.43. The Labute approximate surface area is 136 Å². The van der Waals surface area contributed by atoms with Gasteiger partial charge in [-0.2, -0.15) is 0 Å². The molecule has 0 spiro atoms. The second-order valence-corrected chi connectivity index (χ2v) is 6.09. The molecular formula is C15H21Cl2N3O. The van der Waals surface area contributed by atoms with Gasteiger partial charge in [0.1, 0.15) is 0 Å². The molecule has 0 bridgehead atoms. The van der Waals surface area contributed by atoms with Crippen LogP contribution in [0, 0.1) is 0 Å². The third-order valence-corrected chi connectivity index (χ3v) is 4.63. The molecule has 1 aromatic carbocycles. The molecule has 116 valence electrons. The van der Waals surface area contributed by atoms with E-state index in [0.717, 1.165) is 25.2 Å². The predicted octanol–water partition coefficient (Wildman–Crippen LogP) is 3.62. The first kappa shape index (κ1) is 16.2. The molecule has 1 heterocycles. The van der Waals surface area contributed by atoms with Crippen LogP contribution in [0.5, 0.6) is 0 Å². The maximum absolute atomic E-state index is 12.1. The van der Waals surface area contributed by atoms with Crippen molar-refractivity contribution in [2.75, 3.05) is 31.1 Å². The smallest absolute Gasteiger partial charge is 0.317 e. The summed E-state index contributed by atoms with van der Waals surface area (Å²) in [6.45, 7) is 6.96. The third kappa shape index (κ3) is 3.95. The van der Waals surface area contributed by atoms with Crippen molar-refractivity contribution in [3.63, 3.8) is 0 Å². The van der Waals surface area contributed by atoms with Crippen molar-refractivity contribution >= 4 is 34.9 Å². The molecule has 21 heavy (non-hydrogen) atoms. The van der Waals surface area contributed by atoms with Crippen LogP contribution in [-0.2, 0) is 0 Å². The van der Waals surface area contributed by atoms with E-state index >= 15 is 0 Å². The average Bonchev–Trinajstić information content (AvgIpc) is 2.50. The molecule has 0 aliphatic carbocycles. The average molecular weight is 330 g/mol. The molecule has 2 rings (SSSR count). The molecule has 2 amide bonds. The molecule has 1 atom stereocenters. The maximum Gasteiger partial charge on any atom is 0.317 e. The Morgan fingerprint density at radius 3 is 2.57 bits per heavy atom. The maximum atomic E-state index is 12.1. The lowest BCUT2D eigenvalue weighted by atomic mass is 10.2. The number of hydrogen-bond donors (Lipinski definition) is 1. The van der Waals surface area contributed by atoms with E-state index in [0.29, 0.717) is 23.1 Å². The first-order chi connectivity index (χ1) is 10.0. The first-order valence-corrected chi connectivity index (χ1v) is 8.03. The minimum Gasteiger partial charge on any atom is -0.367 e. The van der Waals surface area contributed by atoms with E-state index in [1.807, 2.05) is 24.0 Å². The minimum atomic E-state index is 0.0150. The lowest BCUT2D eigenvalue weighted by Crippen LogP contribution is -2.53. The van der Waals surface area contributed by atoms with Crippen molar-refractivity contribution in [2.45, 2.75) is 26.3 Å². The number of urea groups is 1. The Kier molecular flexibility index (Phi) is 5.59. The van der Waals surface area contributed by atoms with Crippen LogP contribution in [0.4, 0.5) is 10.5 Å². The molecule has 1 fully saturated rings. The third-order valence-electron chi connectivity index (χ3n) is 3.82. The van der Waals surface area contributed by atoms with Crippen LogP contribution in [0.15, 0.2) is 18.2 Å². The summed E-state index contributed by atoms with van der Waals surface area (Å²) in [5.41, 5.74) is 0.936. The Morgan fingerprint density at radius 1 is 1.29 bits per heavy atom. The van der Waals surface area contributed by atoms with E-state index < -0.39 is 0 Å². The molecule has 1 N–H and O–H groups in total. The molecule has 0 saturated carbocycles. The van der Waals surface area contributed by atoms with Crippen LogP contribution in [0.2, 0.25) is 10.0 Å². The van der Waals surface area contributed by atoms with Crippen LogP contribution in [0.3, 0.4) is 0 Å². The number of piperazine rings is 1. The van der Waals surface area contributed by atoms with E-state index in [4.69, 9.17) is 23.2 Å². The van der Waals surface area contributed by atoms with Crippen LogP contribution < -0.4 is 10.2 Å². The summed E-state index contributed by atoms with van der Waals surface area (Å²) in [5.74, 6) is 0. The number of hydrogen-bond acceptors (Lipinski definition) is 2. The lowest BCUT2D eigenvalue weighted by Gasteiger charge is -2.37. The van der Waals surface area contributed by atoms with Gasteiger partial charge in [0.05, 0.1) is 15.7 Å². The summed E-state index contributed by atoms with van der Waals surface area (Å²) < 4.78 is 0. The van der Waals surface area contributed by atoms with Gasteiger partial charge in [0.2, 0.25) is 0 Å². The standard InChI is InChI=1S/C15H21Cl2N3O/c1-3-11(2)18-15(21)20-9-7-19(8-10-20)13-6-4-5-12(16)14(13)17/h4-6,11H,3,7-10H2,1-2H3,(H,18,21). The molecular weight excluding hydrogens is 309 g/mol. The van der Waals surface area contributed by atoms with Gasteiger partial charge < -0.3 is 15.1 Å². The first-order valence-electron chi connectivity index (χ1n) is 7.27. The summed E-state index contributed by atoms with van der Waals surface area (Å²) in [6.07, 6.45) is 0.934. The van der Waals surface area contributed by atoms with Gasteiger partial charge in [-0.1, -0.05) is 36.2 Å². The number of carbonyl (C=O) groups is 1. The topological polar surface area (TPSA) is 35.6 Å². The van der Waals surface area contributed by atoms with Crippen molar-refractivity contribution in [1.82, 2.24) is 10.2 Å². The second kappa shape index (κ2) is 7.23. The van der Waals surface area contributed by atoms with Crippen LogP contribution in [-0.4, -0.2) is 43.2 Å². The fourth-order valence-electron chi connectivity index (χ4n) is 2.29. The van der Waals surface area contributed by atoms with Crippen LogP contribution in [0.25, 0.3) is 0 Å². The monoisotopic (exact) mass is 329 g/mol. The van der Waals surface area contributed by atoms with Crippen molar-refractivity contribution in [2.24, 2.45) is 0 Å². The number of rotatable bonds is 3. The van der Waals surface area contributed by atoms with Crippen LogP contribution >= 0.6 is 23.2 Å². The van der Waals surface area contributed by atoms with Gasteiger partial charge in [-0.15, -0.1) is 0 Å².